The molecule has 0 aliphatic carbocycles. The molecule has 2 nitrogen and oxygen atoms in total. The van der Waals surface area contributed by atoms with Gasteiger partial charge in [0, 0.05) is 19.0 Å². The Morgan fingerprint density at radius 3 is 2.65 bits per heavy atom. The number of carbonyl (C=O) groups excluding carboxylic acids is 1. The van der Waals surface area contributed by atoms with Gasteiger partial charge in [-0.15, -0.1) is 0 Å². The highest BCUT2D eigenvalue weighted by Crippen LogP contribution is 2.23. The Bertz CT molecular complexity index is 272. The highest BCUT2D eigenvalue weighted by molar-refractivity contribution is 5.78. The number of amides is 1. The Morgan fingerprint density at radius 1 is 1.41 bits per heavy atom. The zero-order valence-electron chi connectivity index (χ0n) is 11.7. The molecule has 0 radical (unpaired) electrons. The molecule has 1 saturated heterocycles. The van der Waals surface area contributed by atoms with Gasteiger partial charge >= 0.3 is 0 Å². The molecule has 0 aromatic rings. The molecule has 0 bridgehead atoms. The summed E-state index contributed by atoms with van der Waals surface area (Å²) in [5.74, 6) is 0.938. The lowest BCUT2D eigenvalue weighted by Gasteiger charge is -2.25. The van der Waals surface area contributed by atoms with E-state index in [0.717, 1.165) is 38.6 Å². The summed E-state index contributed by atoms with van der Waals surface area (Å²) in [6.07, 6.45) is 6.38. The summed E-state index contributed by atoms with van der Waals surface area (Å²) in [6, 6.07) is 0.405. The van der Waals surface area contributed by atoms with Gasteiger partial charge in [0.05, 0.1) is 0 Å². The quantitative estimate of drug-likeness (QED) is 0.617. The molecule has 2 heteroatoms. The minimum Gasteiger partial charge on any atom is -0.340 e. The second-order valence-corrected chi connectivity index (χ2v) is 5.43. The summed E-state index contributed by atoms with van der Waals surface area (Å²) in [5.41, 5.74) is 1.37. The maximum Gasteiger partial charge on any atom is 0.222 e. The van der Waals surface area contributed by atoms with Crippen LogP contribution in [0.5, 0.6) is 0 Å². The first-order chi connectivity index (χ1) is 8.06. The molecule has 1 heterocycles. The summed E-state index contributed by atoms with van der Waals surface area (Å²) in [4.78, 5) is 13.7. The van der Waals surface area contributed by atoms with Crippen LogP contribution in [0.25, 0.3) is 0 Å². The minimum absolute atomic E-state index is 0.345. The van der Waals surface area contributed by atoms with E-state index in [0.29, 0.717) is 17.9 Å². The standard InChI is InChI=1S/C15H27NO/c1-5-7-12(2)13(3)9-10-14(4)16-11-6-8-15(16)17/h13-14H,2,5-11H2,1,3-4H3. The second kappa shape index (κ2) is 6.83. The Hall–Kier alpha value is -0.790. The third-order valence-electron chi connectivity index (χ3n) is 3.93. The van der Waals surface area contributed by atoms with Crippen molar-refractivity contribution in [3.05, 3.63) is 12.2 Å². The van der Waals surface area contributed by atoms with Crippen LogP contribution < -0.4 is 0 Å². The van der Waals surface area contributed by atoms with Gasteiger partial charge in [0.1, 0.15) is 0 Å². The Kier molecular flexibility index (Phi) is 5.73. The summed E-state index contributed by atoms with van der Waals surface area (Å²) in [5, 5.41) is 0. The first-order valence-corrected chi connectivity index (χ1v) is 7.03. The van der Waals surface area contributed by atoms with Gasteiger partial charge in [0.25, 0.3) is 0 Å². The van der Waals surface area contributed by atoms with Gasteiger partial charge in [-0.05, 0) is 38.5 Å². The zero-order valence-corrected chi connectivity index (χ0v) is 11.7. The van der Waals surface area contributed by atoms with Gasteiger partial charge in [-0.2, -0.15) is 0 Å². The smallest absolute Gasteiger partial charge is 0.222 e. The lowest BCUT2D eigenvalue weighted by atomic mass is 9.92. The maximum atomic E-state index is 11.6. The molecule has 0 aromatic heterocycles. The molecule has 1 amide bonds. The Morgan fingerprint density at radius 2 is 2.12 bits per heavy atom. The van der Waals surface area contributed by atoms with E-state index in [1.54, 1.807) is 0 Å². The van der Waals surface area contributed by atoms with Gasteiger partial charge < -0.3 is 4.90 Å². The van der Waals surface area contributed by atoms with E-state index in [4.69, 9.17) is 0 Å². The van der Waals surface area contributed by atoms with Gasteiger partial charge in [-0.3, -0.25) is 4.79 Å². The average Bonchev–Trinajstić information content (AvgIpc) is 2.72. The normalized spacial score (nSPS) is 19.5. The minimum atomic E-state index is 0.345. The van der Waals surface area contributed by atoms with Crippen molar-refractivity contribution >= 4 is 5.91 Å². The highest BCUT2D eigenvalue weighted by atomic mass is 16.2. The molecule has 2 atom stereocenters. The van der Waals surface area contributed by atoms with Crippen molar-refractivity contribution < 1.29 is 4.79 Å². The molecule has 1 aliphatic rings. The van der Waals surface area contributed by atoms with Crippen LogP contribution >= 0.6 is 0 Å². The molecule has 0 aromatic carbocycles. The maximum absolute atomic E-state index is 11.6. The number of hydrogen-bond acceptors (Lipinski definition) is 1. The predicted octanol–water partition coefficient (Wildman–Crippen LogP) is 3.77. The number of carbonyl (C=O) groups is 1. The van der Waals surface area contributed by atoms with Crippen molar-refractivity contribution in [3.8, 4) is 0 Å². The van der Waals surface area contributed by atoms with Crippen LogP contribution in [0.2, 0.25) is 0 Å². The molecule has 1 rings (SSSR count). The number of nitrogens with zero attached hydrogens (tertiary/aromatic N) is 1. The molecule has 1 aliphatic heterocycles. The van der Waals surface area contributed by atoms with Gasteiger partial charge in [0.2, 0.25) is 5.91 Å². The van der Waals surface area contributed by atoms with Gasteiger partial charge in [0.15, 0.2) is 0 Å². The van der Waals surface area contributed by atoms with Crippen molar-refractivity contribution in [3.63, 3.8) is 0 Å². The summed E-state index contributed by atoms with van der Waals surface area (Å²) in [7, 11) is 0. The molecular formula is C15H27NO. The van der Waals surface area contributed by atoms with Crippen LogP contribution in [0.15, 0.2) is 12.2 Å². The molecule has 0 spiro atoms. The average molecular weight is 237 g/mol. The number of likely N-dealkylation sites (tertiary alicyclic amines) is 1. The van der Waals surface area contributed by atoms with Crippen molar-refractivity contribution in [2.24, 2.45) is 5.92 Å². The highest BCUT2D eigenvalue weighted by Gasteiger charge is 2.24. The topological polar surface area (TPSA) is 20.3 Å². The van der Waals surface area contributed by atoms with E-state index in [-0.39, 0.29) is 0 Å². The van der Waals surface area contributed by atoms with Crippen LogP contribution in [0.1, 0.15) is 59.3 Å². The zero-order chi connectivity index (χ0) is 12.8. The van der Waals surface area contributed by atoms with E-state index in [9.17, 15) is 4.79 Å². The molecule has 98 valence electrons. The molecule has 0 saturated carbocycles. The lowest BCUT2D eigenvalue weighted by molar-refractivity contribution is -0.129. The van der Waals surface area contributed by atoms with E-state index in [1.807, 2.05) is 0 Å². The second-order valence-electron chi connectivity index (χ2n) is 5.43. The Balaban J connectivity index is 2.29. The van der Waals surface area contributed by atoms with Crippen molar-refractivity contribution in [2.75, 3.05) is 6.54 Å². The molecule has 1 fully saturated rings. The fourth-order valence-corrected chi connectivity index (χ4v) is 2.55. The summed E-state index contributed by atoms with van der Waals surface area (Å²) < 4.78 is 0. The van der Waals surface area contributed by atoms with Gasteiger partial charge in [-0.25, -0.2) is 0 Å². The van der Waals surface area contributed by atoms with E-state index < -0.39 is 0 Å². The Labute approximate surface area is 106 Å². The number of allylic oxidation sites excluding steroid dienone is 1. The molecule has 17 heavy (non-hydrogen) atoms. The van der Waals surface area contributed by atoms with Crippen LogP contribution in [-0.4, -0.2) is 23.4 Å². The lowest BCUT2D eigenvalue weighted by Crippen LogP contribution is -2.34. The third kappa shape index (κ3) is 4.18. The van der Waals surface area contributed by atoms with Crippen molar-refractivity contribution in [1.29, 1.82) is 0 Å². The van der Waals surface area contributed by atoms with Crippen LogP contribution in [0, 0.1) is 5.92 Å². The van der Waals surface area contributed by atoms with E-state index in [1.165, 1.54) is 12.0 Å². The van der Waals surface area contributed by atoms with Crippen LogP contribution in [-0.2, 0) is 4.79 Å². The molecule has 0 N–H and O–H groups in total. The van der Waals surface area contributed by atoms with Crippen LogP contribution in [0.4, 0.5) is 0 Å². The fraction of sp³-hybridized carbons (Fsp3) is 0.800. The first kappa shape index (κ1) is 14.3. The fourth-order valence-electron chi connectivity index (χ4n) is 2.55. The first-order valence-electron chi connectivity index (χ1n) is 7.03. The van der Waals surface area contributed by atoms with E-state index in [2.05, 4.69) is 32.3 Å². The van der Waals surface area contributed by atoms with Crippen molar-refractivity contribution in [2.45, 2.75) is 65.3 Å². The molecule has 2 unspecified atom stereocenters. The summed E-state index contributed by atoms with van der Waals surface area (Å²) >= 11 is 0. The van der Waals surface area contributed by atoms with Crippen molar-refractivity contribution in [1.82, 2.24) is 4.90 Å². The largest absolute Gasteiger partial charge is 0.340 e. The SMILES string of the molecule is C=C(CCC)C(C)CCC(C)N1CCCC1=O. The predicted molar refractivity (Wildman–Crippen MR) is 72.9 cm³/mol. The van der Waals surface area contributed by atoms with Gasteiger partial charge in [-0.1, -0.05) is 32.4 Å². The number of rotatable bonds is 7. The number of hydrogen-bond donors (Lipinski definition) is 0. The summed E-state index contributed by atoms with van der Waals surface area (Å²) in [6.45, 7) is 11.8. The monoisotopic (exact) mass is 237 g/mol. The van der Waals surface area contributed by atoms with E-state index >= 15 is 0 Å². The third-order valence-corrected chi connectivity index (χ3v) is 3.93. The van der Waals surface area contributed by atoms with Crippen LogP contribution in [0.3, 0.4) is 0 Å². The molecular weight excluding hydrogens is 210 g/mol.